The van der Waals surface area contributed by atoms with E-state index in [1.807, 2.05) is 0 Å². The van der Waals surface area contributed by atoms with E-state index in [0.717, 1.165) is 12.0 Å². The summed E-state index contributed by atoms with van der Waals surface area (Å²) in [6.45, 7) is 8.11. The second-order valence-electron chi connectivity index (χ2n) is 6.91. The van der Waals surface area contributed by atoms with Crippen LogP contribution in [0.5, 0.6) is 0 Å². The monoisotopic (exact) mass is 276 g/mol. The molecule has 1 N–H and O–H groups in total. The topological polar surface area (TPSA) is 55.8 Å². The summed E-state index contributed by atoms with van der Waals surface area (Å²) in [5.41, 5.74) is 2.33. The Hall–Kier alpha value is -1.13. The maximum absolute atomic E-state index is 12.0. The number of hydrogen-bond acceptors (Lipinski definition) is 4. The Kier molecular flexibility index (Phi) is 2.12. The molecule has 0 aromatic heterocycles. The molecule has 1 aliphatic heterocycles. The van der Waals surface area contributed by atoms with E-state index in [-0.39, 0.29) is 17.3 Å². The van der Waals surface area contributed by atoms with Gasteiger partial charge in [0, 0.05) is 23.7 Å². The highest BCUT2D eigenvalue weighted by Gasteiger charge is 2.74. The maximum atomic E-state index is 12.0. The first-order valence-corrected chi connectivity index (χ1v) is 7.23. The number of carbonyl (C=O) groups excluding carboxylic acids is 1. The fourth-order valence-electron chi connectivity index (χ4n) is 5.02. The van der Waals surface area contributed by atoms with E-state index in [4.69, 9.17) is 9.47 Å². The standard InChI is InChI=1S/C16H20O4/c1-7-9-5-12(9)15(3)10(7)6-11-8(2)13(17)20-16(11,19-4)14(15)18/h9-10,12,14,18H,1,5-6H2,2-4H3/t9-,10+,12-,14+,15-,16+/m1/s1. The number of carbonyl (C=O) groups is 1. The number of aliphatic hydroxyl groups is 1. The Morgan fingerprint density at radius 1 is 1.50 bits per heavy atom. The number of aliphatic hydroxyl groups excluding tert-OH is 1. The van der Waals surface area contributed by atoms with Crippen LogP contribution in [0.25, 0.3) is 0 Å². The fraction of sp³-hybridized carbons (Fsp3) is 0.688. The largest absolute Gasteiger partial charge is 0.423 e. The summed E-state index contributed by atoms with van der Waals surface area (Å²) in [6, 6.07) is 0. The molecule has 0 spiro atoms. The summed E-state index contributed by atoms with van der Waals surface area (Å²) in [5.74, 6) is -0.442. The molecule has 1 heterocycles. The lowest BCUT2D eigenvalue weighted by Crippen LogP contribution is -2.60. The van der Waals surface area contributed by atoms with Crippen LogP contribution in [0.4, 0.5) is 0 Å². The van der Waals surface area contributed by atoms with Crippen molar-refractivity contribution in [2.24, 2.45) is 23.2 Å². The highest BCUT2D eigenvalue weighted by Crippen LogP contribution is 2.73. The molecule has 0 bridgehead atoms. The van der Waals surface area contributed by atoms with Gasteiger partial charge in [-0.1, -0.05) is 19.1 Å². The number of ether oxygens (including phenoxy) is 2. The molecule has 3 fully saturated rings. The van der Waals surface area contributed by atoms with Gasteiger partial charge in [0.15, 0.2) is 0 Å². The Morgan fingerprint density at radius 2 is 2.20 bits per heavy atom. The van der Waals surface area contributed by atoms with Gasteiger partial charge in [0.25, 0.3) is 5.79 Å². The van der Waals surface area contributed by atoms with Crippen molar-refractivity contribution in [3.05, 3.63) is 23.3 Å². The molecule has 0 aromatic rings. The number of fused-ring (bicyclic) bond motifs is 4. The molecular weight excluding hydrogens is 256 g/mol. The number of hydrogen-bond donors (Lipinski definition) is 1. The van der Waals surface area contributed by atoms with E-state index in [2.05, 4.69) is 13.5 Å². The van der Waals surface area contributed by atoms with E-state index in [9.17, 15) is 9.90 Å². The number of rotatable bonds is 1. The van der Waals surface area contributed by atoms with E-state index in [1.54, 1.807) is 6.92 Å². The van der Waals surface area contributed by atoms with Gasteiger partial charge < -0.3 is 14.6 Å². The van der Waals surface area contributed by atoms with Crippen LogP contribution in [0.2, 0.25) is 0 Å². The van der Waals surface area contributed by atoms with E-state index >= 15 is 0 Å². The second kappa shape index (κ2) is 3.37. The molecule has 0 amide bonds. The van der Waals surface area contributed by atoms with Gasteiger partial charge in [-0.3, -0.25) is 0 Å². The predicted octanol–water partition coefficient (Wildman–Crippen LogP) is 1.80. The smallest absolute Gasteiger partial charge is 0.336 e. The molecule has 108 valence electrons. The molecule has 4 rings (SSSR count). The van der Waals surface area contributed by atoms with E-state index in [0.29, 0.717) is 23.8 Å². The van der Waals surface area contributed by atoms with Gasteiger partial charge in [-0.2, -0.15) is 0 Å². The molecule has 20 heavy (non-hydrogen) atoms. The third-order valence-corrected chi connectivity index (χ3v) is 6.35. The number of esters is 1. The average molecular weight is 276 g/mol. The molecule has 4 aliphatic rings. The quantitative estimate of drug-likeness (QED) is 0.586. The summed E-state index contributed by atoms with van der Waals surface area (Å²) >= 11 is 0. The van der Waals surface area contributed by atoms with Gasteiger partial charge >= 0.3 is 5.97 Å². The van der Waals surface area contributed by atoms with Crippen molar-refractivity contribution in [3.63, 3.8) is 0 Å². The van der Waals surface area contributed by atoms with Crippen LogP contribution in [-0.2, 0) is 14.3 Å². The molecule has 4 nitrogen and oxygen atoms in total. The lowest BCUT2D eigenvalue weighted by molar-refractivity contribution is -0.268. The number of allylic oxidation sites excluding steroid dienone is 1. The van der Waals surface area contributed by atoms with E-state index in [1.165, 1.54) is 12.7 Å². The van der Waals surface area contributed by atoms with Gasteiger partial charge in [0.1, 0.15) is 6.10 Å². The van der Waals surface area contributed by atoms with Crippen LogP contribution in [0.15, 0.2) is 23.3 Å². The third kappa shape index (κ3) is 1.07. The third-order valence-electron chi connectivity index (χ3n) is 6.35. The summed E-state index contributed by atoms with van der Waals surface area (Å²) < 4.78 is 11.0. The minimum atomic E-state index is -1.27. The SMILES string of the molecule is C=C1[C@H]2C[C@H]2[C@]2(C)[C@H](O)[C@@]3(OC)OC(=O)C(C)=C3C[C@@H]12. The van der Waals surface area contributed by atoms with Crippen LogP contribution in [0.1, 0.15) is 26.7 Å². The predicted molar refractivity (Wildman–Crippen MR) is 71.5 cm³/mol. The highest BCUT2D eigenvalue weighted by atomic mass is 16.7. The molecule has 6 atom stereocenters. The van der Waals surface area contributed by atoms with Gasteiger partial charge in [0.2, 0.25) is 0 Å². The molecule has 4 heteroatoms. The normalized spacial score (nSPS) is 52.6. The van der Waals surface area contributed by atoms with Crippen molar-refractivity contribution in [1.29, 1.82) is 0 Å². The lowest BCUT2D eigenvalue weighted by Gasteiger charge is -2.51. The zero-order valence-electron chi connectivity index (χ0n) is 12.1. The maximum Gasteiger partial charge on any atom is 0.336 e. The van der Waals surface area contributed by atoms with Crippen molar-refractivity contribution in [3.8, 4) is 0 Å². The number of methoxy groups -OCH3 is 1. The molecule has 3 aliphatic carbocycles. The first-order valence-electron chi connectivity index (χ1n) is 7.23. The fourth-order valence-corrected chi connectivity index (χ4v) is 5.02. The second-order valence-corrected chi connectivity index (χ2v) is 6.91. The van der Waals surface area contributed by atoms with Gasteiger partial charge in [-0.05, 0) is 37.5 Å². The van der Waals surface area contributed by atoms with Crippen molar-refractivity contribution >= 4 is 5.97 Å². The first kappa shape index (κ1) is 12.6. The summed E-state index contributed by atoms with van der Waals surface area (Å²) in [6.07, 6.45) is 0.976. The summed E-state index contributed by atoms with van der Waals surface area (Å²) in [4.78, 5) is 12.0. The molecule has 3 saturated carbocycles. The van der Waals surface area contributed by atoms with Gasteiger partial charge in [-0.25, -0.2) is 4.79 Å². The first-order chi connectivity index (χ1) is 9.37. The Balaban J connectivity index is 1.89. The highest BCUT2D eigenvalue weighted by molar-refractivity contribution is 5.92. The van der Waals surface area contributed by atoms with Crippen LogP contribution in [0.3, 0.4) is 0 Å². The van der Waals surface area contributed by atoms with Crippen LogP contribution >= 0.6 is 0 Å². The van der Waals surface area contributed by atoms with Gasteiger partial charge in [0.05, 0.1) is 0 Å². The summed E-state index contributed by atoms with van der Waals surface area (Å²) in [5, 5.41) is 11.0. The summed E-state index contributed by atoms with van der Waals surface area (Å²) in [7, 11) is 1.51. The molecular formula is C16H20O4. The zero-order valence-corrected chi connectivity index (χ0v) is 12.1. The van der Waals surface area contributed by atoms with Gasteiger partial charge in [-0.15, -0.1) is 0 Å². The Labute approximate surface area is 118 Å². The Bertz CT molecular complexity index is 577. The van der Waals surface area contributed by atoms with Crippen LogP contribution < -0.4 is 0 Å². The van der Waals surface area contributed by atoms with E-state index < -0.39 is 11.9 Å². The average Bonchev–Trinajstić information content (AvgIpc) is 3.14. The molecule has 0 saturated heterocycles. The molecule has 0 aromatic carbocycles. The zero-order chi connectivity index (χ0) is 14.4. The minimum absolute atomic E-state index is 0.226. The lowest BCUT2D eigenvalue weighted by atomic mass is 9.60. The van der Waals surface area contributed by atoms with Crippen LogP contribution in [0, 0.1) is 23.2 Å². The minimum Gasteiger partial charge on any atom is -0.423 e. The molecule has 0 unspecified atom stereocenters. The van der Waals surface area contributed by atoms with Crippen molar-refractivity contribution in [1.82, 2.24) is 0 Å². The van der Waals surface area contributed by atoms with Crippen molar-refractivity contribution in [2.75, 3.05) is 7.11 Å². The van der Waals surface area contributed by atoms with Crippen molar-refractivity contribution < 1.29 is 19.4 Å². The Morgan fingerprint density at radius 3 is 2.85 bits per heavy atom. The molecule has 0 radical (unpaired) electrons. The van der Waals surface area contributed by atoms with Crippen molar-refractivity contribution in [2.45, 2.75) is 38.6 Å². The van der Waals surface area contributed by atoms with Crippen LogP contribution in [-0.4, -0.2) is 30.1 Å².